The quantitative estimate of drug-likeness (QED) is 0.406. The molecule has 9 nitrogen and oxygen atoms in total. The Labute approximate surface area is 205 Å². The fourth-order valence-electron chi connectivity index (χ4n) is 4.95. The predicted molar refractivity (Wildman–Crippen MR) is 135 cm³/mol. The molecule has 0 saturated carbocycles. The summed E-state index contributed by atoms with van der Waals surface area (Å²) in [5, 5.41) is 11.3. The van der Waals surface area contributed by atoms with E-state index in [1.807, 2.05) is 30.0 Å². The molecule has 1 aromatic carbocycles. The van der Waals surface area contributed by atoms with E-state index in [2.05, 4.69) is 25.7 Å². The molecule has 0 radical (unpaired) electrons. The highest BCUT2D eigenvalue weighted by Gasteiger charge is 2.29. The van der Waals surface area contributed by atoms with Crippen molar-refractivity contribution in [3.63, 3.8) is 0 Å². The van der Waals surface area contributed by atoms with E-state index in [9.17, 15) is 13.6 Å². The Kier molecular flexibility index (Phi) is 5.35. The van der Waals surface area contributed by atoms with E-state index in [1.54, 1.807) is 24.7 Å². The minimum Gasteiger partial charge on any atom is -0.381 e. The standard InChI is InChI=1S/C25H26F2N8O/c1-16-4-2-5-19-21(16)28-8-11-34(19)20-12-17-13-29-24-31-18-14-30-33(15-18)10-7-25(26,27)6-3-9-35(23(20)36)22(17)32-24/h2,4-5,12-15,28H,3,6-11H2,1H3,(H,29,31,32). The summed E-state index contributed by atoms with van der Waals surface area (Å²) < 4.78 is 32.3. The van der Waals surface area contributed by atoms with Crippen LogP contribution in [0.5, 0.6) is 0 Å². The van der Waals surface area contributed by atoms with Crippen LogP contribution in [0, 0.1) is 6.92 Å². The van der Waals surface area contributed by atoms with Crippen LogP contribution in [0.2, 0.25) is 0 Å². The Hall–Kier alpha value is -4.02. The number of nitrogens with zero attached hydrogens (tertiary/aromatic N) is 6. The van der Waals surface area contributed by atoms with Gasteiger partial charge in [0.05, 0.1) is 23.3 Å². The summed E-state index contributed by atoms with van der Waals surface area (Å²) in [4.78, 5) is 24.9. The van der Waals surface area contributed by atoms with Gasteiger partial charge in [-0.25, -0.2) is 13.8 Å². The largest absolute Gasteiger partial charge is 0.381 e. The molecule has 0 saturated heterocycles. The first kappa shape index (κ1) is 22.4. The second-order valence-electron chi connectivity index (χ2n) is 9.33. The third-order valence-corrected chi connectivity index (χ3v) is 6.80. The van der Waals surface area contributed by atoms with Gasteiger partial charge in [0.25, 0.3) is 5.56 Å². The van der Waals surface area contributed by atoms with Crippen LogP contribution in [-0.4, -0.2) is 43.3 Å². The number of fused-ring (bicyclic) bond motifs is 4. The molecule has 0 spiro atoms. The van der Waals surface area contributed by atoms with Gasteiger partial charge in [0, 0.05) is 56.8 Å². The van der Waals surface area contributed by atoms with Gasteiger partial charge in [0.2, 0.25) is 11.9 Å². The number of pyridine rings is 1. The van der Waals surface area contributed by atoms with Gasteiger partial charge in [-0.15, -0.1) is 0 Å². The molecule has 186 valence electrons. The summed E-state index contributed by atoms with van der Waals surface area (Å²) in [5.74, 6) is -2.55. The van der Waals surface area contributed by atoms with Crippen molar-refractivity contribution in [2.24, 2.45) is 0 Å². The van der Waals surface area contributed by atoms with Crippen molar-refractivity contribution in [1.29, 1.82) is 0 Å². The Morgan fingerprint density at radius 2 is 1.97 bits per heavy atom. The molecule has 0 aliphatic carbocycles. The molecule has 0 amide bonds. The molecule has 2 N–H and O–H groups in total. The van der Waals surface area contributed by atoms with Crippen molar-refractivity contribution in [2.45, 2.75) is 45.2 Å². The molecule has 0 atom stereocenters. The average Bonchev–Trinajstić information content (AvgIpc) is 3.31. The molecule has 5 heterocycles. The summed E-state index contributed by atoms with van der Waals surface area (Å²) in [6.45, 7) is 3.52. The van der Waals surface area contributed by atoms with E-state index in [0.29, 0.717) is 41.4 Å². The Morgan fingerprint density at radius 3 is 2.86 bits per heavy atom. The van der Waals surface area contributed by atoms with Crippen LogP contribution in [0.15, 0.2) is 47.7 Å². The number of benzene rings is 1. The minimum atomic E-state index is -2.87. The second kappa shape index (κ2) is 8.58. The van der Waals surface area contributed by atoms with Crippen molar-refractivity contribution < 1.29 is 8.78 Å². The minimum absolute atomic E-state index is 0.0943. The third kappa shape index (κ3) is 4.04. The van der Waals surface area contributed by atoms with E-state index in [0.717, 1.165) is 16.9 Å². The molecule has 6 rings (SSSR count). The number of hydrogen-bond acceptors (Lipinski definition) is 7. The van der Waals surface area contributed by atoms with Crippen LogP contribution in [0.4, 0.5) is 37.5 Å². The van der Waals surface area contributed by atoms with Crippen molar-refractivity contribution in [3.8, 4) is 0 Å². The van der Waals surface area contributed by atoms with Crippen LogP contribution in [0.1, 0.15) is 24.8 Å². The molecule has 0 unspecified atom stereocenters. The zero-order chi connectivity index (χ0) is 24.9. The van der Waals surface area contributed by atoms with E-state index >= 15 is 0 Å². The zero-order valence-corrected chi connectivity index (χ0v) is 19.8. The lowest BCUT2D eigenvalue weighted by Gasteiger charge is -2.33. The number of alkyl halides is 2. The third-order valence-electron chi connectivity index (χ3n) is 6.80. The smallest absolute Gasteiger partial charge is 0.276 e. The highest BCUT2D eigenvalue weighted by molar-refractivity contribution is 5.85. The van der Waals surface area contributed by atoms with Gasteiger partial charge in [-0.1, -0.05) is 12.1 Å². The molecule has 11 heteroatoms. The number of aryl methyl sites for hydroxylation is 3. The average molecular weight is 493 g/mol. The summed E-state index contributed by atoms with van der Waals surface area (Å²) in [6, 6.07) is 7.76. The second-order valence-corrected chi connectivity index (χ2v) is 9.33. The maximum atomic E-state index is 14.6. The highest BCUT2D eigenvalue weighted by Crippen LogP contribution is 2.36. The van der Waals surface area contributed by atoms with Crippen LogP contribution in [0.25, 0.3) is 11.0 Å². The van der Waals surface area contributed by atoms with Crippen LogP contribution in [0.3, 0.4) is 0 Å². The van der Waals surface area contributed by atoms with E-state index in [4.69, 9.17) is 0 Å². The first-order valence-electron chi connectivity index (χ1n) is 12.1. The van der Waals surface area contributed by atoms with Crippen LogP contribution < -0.4 is 21.1 Å². The lowest BCUT2D eigenvalue weighted by molar-refractivity contribution is -0.0232. The first-order chi connectivity index (χ1) is 17.4. The number of hydrogen-bond donors (Lipinski definition) is 2. The van der Waals surface area contributed by atoms with Crippen molar-refractivity contribution >= 4 is 39.7 Å². The zero-order valence-electron chi connectivity index (χ0n) is 19.8. The van der Waals surface area contributed by atoms with Crippen LogP contribution in [-0.2, 0) is 13.1 Å². The summed E-state index contributed by atoms with van der Waals surface area (Å²) >= 11 is 0. The van der Waals surface area contributed by atoms with Crippen molar-refractivity contribution in [1.82, 2.24) is 24.3 Å². The van der Waals surface area contributed by atoms with E-state index < -0.39 is 5.92 Å². The highest BCUT2D eigenvalue weighted by atomic mass is 19.3. The maximum absolute atomic E-state index is 14.6. The number of rotatable bonds is 1. The molecular formula is C25H26F2N8O. The van der Waals surface area contributed by atoms with Crippen molar-refractivity contribution in [2.75, 3.05) is 28.6 Å². The lowest BCUT2D eigenvalue weighted by Crippen LogP contribution is -2.36. The van der Waals surface area contributed by atoms with Gasteiger partial charge >= 0.3 is 0 Å². The Balaban J connectivity index is 1.49. The maximum Gasteiger partial charge on any atom is 0.276 e. The SMILES string of the molecule is Cc1cccc2c1NCCN2c1cc2cnc3nc2n(c1=O)CCCC(F)(F)CCn1cc(cn1)N3. The number of halogens is 2. The Morgan fingerprint density at radius 1 is 1.08 bits per heavy atom. The Bertz CT molecular complexity index is 1510. The molecule has 0 fully saturated rings. The molecule has 36 heavy (non-hydrogen) atoms. The number of para-hydroxylation sites is 1. The first-order valence-corrected chi connectivity index (χ1v) is 12.1. The van der Waals surface area contributed by atoms with Gasteiger partial charge < -0.3 is 15.5 Å². The predicted octanol–water partition coefficient (Wildman–Crippen LogP) is 4.42. The number of aromatic nitrogens is 5. The normalized spacial score (nSPS) is 17.2. The lowest BCUT2D eigenvalue weighted by atomic mass is 10.1. The summed E-state index contributed by atoms with van der Waals surface area (Å²) in [6.07, 6.45) is 4.34. The molecular weight excluding hydrogens is 466 g/mol. The molecule has 2 aliphatic rings. The van der Waals surface area contributed by atoms with Crippen molar-refractivity contribution in [3.05, 3.63) is 58.8 Å². The number of nitrogens with one attached hydrogen (secondary N) is 2. The molecule has 4 aromatic rings. The van der Waals surface area contributed by atoms with Gasteiger partial charge in [0.15, 0.2) is 0 Å². The van der Waals surface area contributed by atoms with Crippen LogP contribution >= 0.6 is 0 Å². The fraction of sp³-hybridized carbons (Fsp3) is 0.360. The topological polar surface area (TPSA) is 92.9 Å². The van der Waals surface area contributed by atoms with Gasteiger partial charge in [-0.2, -0.15) is 10.1 Å². The van der Waals surface area contributed by atoms with E-state index in [-0.39, 0.29) is 37.9 Å². The van der Waals surface area contributed by atoms with Gasteiger partial charge in [-0.3, -0.25) is 14.0 Å². The molecule has 4 bridgehead atoms. The summed E-state index contributed by atoms with van der Waals surface area (Å²) in [5.41, 5.74) is 4.21. The van der Waals surface area contributed by atoms with Gasteiger partial charge in [-0.05, 0) is 31.0 Å². The molecule has 3 aromatic heterocycles. The van der Waals surface area contributed by atoms with Gasteiger partial charge in [0.1, 0.15) is 11.3 Å². The monoisotopic (exact) mass is 492 g/mol. The number of anilines is 5. The fourth-order valence-corrected chi connectivity index (χ4v) is 4.95. The molecule has 2 aliphatic heterocycles. The van der Waals surface area contributed by atoms with E-state index in [1.165, 1.54) is 9.25 Å². The summed E-state index contributed by atoms with van der Waals surface area (Å²) in [7, 11) is 0.